The third-order valence-electron chi connectivity index (χ3n) is 2.40. The largest absolute Gasteiger partial charge is 0.327 e. The van der Waals surface area contributed by atoms with Gasteiger partial charge in [-0.25, -0.2) is 0 Å². The molecule has 0 fully saturated rings. The van der Waals surface area contributed by atoms with E-state index in [1.165, 1.54) is 29.9 Å². The summed E-state index contributed by atoms with van der Waals surface area (Å²) in [6.45, 7) is 4.30. The van der Waals surface area contributed by atoms with Crippen LogP contribution in [-0.2, 0) is 0 Å². The van der Waals surface area contributed by atoms with E-state index in [9.17, 15) is 0 Å². The molecule has 0 aliphatic rings. The van der Waals surface area contributed by atoms with E-state index < -0.39 is 0 Å². The first-order chi connectivity index (χ1) is 7.65. The molecule has 0 amide bonds. The summed E-state index contributed by atoms with van der Waals surface area (Å²) in [5.41, 5.74) is 6.04. The second-order valence-corrected chi connectivity index (χ2v) is 7.00. The Hall–Kier alpha value is 0.300. The quantitative estimate of drug-likeness (QED) is 0.730. The molecule has 0 saturated heterocycles. The van der Waals surface area contributed by atoms with Crippen molar-refractivity contribution in [3.8, 4) is 0 Å². The number of hydrogen-bond acceptors (Lipinski definition) is 3. The Morgan fingerprint density at radius 1 is 1.44 bits per heavy atom. The SMILES string of the molecule is CCCCCSC(c1ccc(Cl)s1)C(C)N. The first-order valence-electron chi connectivity index (χ1n) is 5.77. The van der Waals surface area contributed by atoms with E-state index >= 15 is 0 Å². The summed E-state index contributed by atoms with van der Waals surface area (Å²) >= 11 is 9.58. The molecular weight excluding hydrogens is 258 g/mol. The number of rotatable bonds is 7. The number of nitrogens with two attached hydrogens (primary N) is 1. The molecule has 2 unspecified atom stereocenters. The number of hydrogen-bond donors (Lipinski definition) is 1. The van der Waals surface area contributed by atoms with E-state index in [0.717, 1.165) is 4.34 Å². The first kappa shape index (κ1) is 14.4. The van der Waals surface area contributed by atoms with E-state index in [2.05, 4.69) is 19.9 Å². The Balaban J connectivity index is 2.48. The van der Waals surface area contributed by atoms with Crippen LogP contribution in [-0.4, -0.2) is 11.8 Å². The molecule has 0 saturated carbocycles. The van der Waals surface area contributed by atoms with Crippen LogP contribution in [0.15, 0.2) is 12.1 Å². The highest BCUT2D eigenvalue weighted by atomic mass is 35.5. The highest BCUT2D eigenvalue weighted by Crippen LogP contribution is 2.37. The van der Waals surface area contributed by atoms with Gasteiger partial charge in [-0.15, -0.1) is 11.3 Å². The maximum Gasteiger partial charge on any atom is 0.0931 e. The van der Waals surface area contributed by atoms with Crippen molar-refractivity contribution < 1.29 is 0 Å². The summed E-state index contributed by atoms with van der Waals surface area (Å²) in [5.74, 6) is 1.19. The molecule has 0 radical (unpaired) electrons. The standard InChI is InChI=1S/C12H20ClNS2/c1-3-4-5-8-15-12(9(2)14)10-6-7-11(13)16-10/h6-7,9,12H,3-5,8,14H2,1-2H3. The lowest BCUT2D eigenvalue weighted by atomic mass is 10.2. The molecule has 0 spiro atoms. The van der Waals surface area contributed by atoms with Crippen molar-refractivity contribution in [1.29, 1.82) is 0 Å². The van der Waals surface area contributed by atoms with Crippen molar-refractivity contribution >= 4 is 34.7 Å². The van der Waals surface area contributed by atoms with Gasteiger partial charge in [-0.1, -0.05) is 31.4 Å². The fourth-order valence-corrected chi connectivity index (χ4v) is 4.21. The Morgan fingerprint density at radius 3 is 2.69 bits per heavy atom. The van der Waals surface area contributed by atoms with Gasteiger partial charge in [0.25, 0.3) is 0 Å². The van der Waals surface area contributed by atoms with Crippen molar-refractivity contribution in [3.05, 3.63) is 21.3 Å². The van der Waals surface area contributed by atoms with Crippen LogP contribution < -0.4 is 5.73 Å². The number of unbranched alkanes of at least 4 members (excludes halogenated alkanes) is 2. The predicted octanol–water partition coefficient (Wildman–Crippen LogP) is 4.71. The van der Waals surface area contributed by atoms with Gasteiger partial charge < -0.3 is 5.73 Å². The van der Waals surface area contributed by atoms with E-state index in [0.29, 0.717) is 5.25 Å². The molecule has 0 aliphatic carbocycles. The van der Waals surface area contributed by atoms with E-state index in [1.807, 2.05) is 17.8 Å². The van der Waals surface area contributed by atoms with Gasteiger partial charge >= 0.3 is 0 Å². The van der Waals surface area contributed by atoms with Gasteiger partial charge in [-0.2, -0.15) is 11.8 Å². The van der Waals surface area contributed by atoms with Crippen LogP contribution in [0.1, 0.15) is 43.2 Å². The van der Waals surface area contributed by atoms with Crippen molar-refractivity contribution in [2.45, 2.75) is 44.4 Å². The molecule has 2 atom stereocenters. The third kappa shape index (κ3) is 4.66. The maximum atomic E-state index is 6.04. The Bertz CT molecular complexity index is 299. The van der Waals surface area contributed by atoms with Gasteiger partial charge in [0.2, 0.25) is 0 Å². The van der Waals surface area contributed by atoms with Crippen LogP contribution >= 0.6 is 34.7 Å². The highest BCUT2D eigenvalue weighted by molar-refractivity contribution is 7.99. The van der Waals surface area contributed by atoms with Crippen LogP contribution in [0.2, 0.25) is 4.34 Å². The van der Waals surface area contributed by atoms with Crippen molar-refractivity contribution in [2.75, 3.05) is 5.75 Å². The van der Waals surface area contributed by atoms with E-state index in [4.69, 9.17) is 17.3 Å². The summed E-state index contributed by atoms with van der Waals surface area (Å²) in [6, 6.07) is 4.25. The van der Waals surface area contributed by atoms with E-state index in [1.54, 1.807) is 11.3 Å². The molecule has 1 rings (SSSR count). The van der Waals surface area contributed by atoms with E-state index in [-0.39, 0.29) is 6.04 Å². The molecule has 0 aromatic carbocycles. The average molecular weight is 278 g/mol. The minimum Gasteiger partial charge on any atom is -0.327 e. The third-order valence-corrected chi connectivity index (χ3v) is 5.43. The maximum absolute atomic E-state index is 6.04. The molecule has 1 nitrogen and oxygen atoms in total. The number of halogens is 1. The van der Waals surface area contributed by atoms with Crippen molar-refractivity contribution in [2.24, 2.45) is 5.73 Å². The molecule has 1 aromatic rings. The van der Waals surface area contributed by atoms with Crippen molar-refractivity contribution in [3.63, 3.8) is 0 Å². The summed E-state index contributed by atoms with van der Waals surface area (Å²) in [4.78, 5) is 1.31. The summed E-state index contributed by atoms with van der Waals surface area (Å²) < 4.78 is 0.856. The molecule has 0 bridgehead atoms. The molecular formula is C12H20ClNS2. The van der Waals surface area contributed by atoms with Crippen LogP contribution in [0.5, 0.6) is 0 Å². The molecule has 1 heterocycles. The van der Waals surface area contributed by atoms with Gasteiger partial charge in [0, 0.05) is 10.9 Å². The lowest BCUT2D eigenvalue weighted by Gasteiger charge is -2.18. The van der Waals surface area contributed by atoms with Gasteiger partial charge in [-0.3, -0.25) is 0 Å². The fraction of sp³-hybridized carbons (Fsp3) is 0.667. The minimum absolute atomic E-state index is 0.182. The molecule has 1 aromatic heterocycles. The van der Waals surface area contributed by atoms with Crippen LogP contribution in [0, 0.1) is 0 Å². The molecule has 0 aliphatic heterocycles. The average Bonchev–Trinajstić information content (AvgIpc) is 2.64. The summed E-state index contributed by atoms with van der Waals surface area (Å²) in [5, 5.41) is 0.398. The predicted molar refractivity (Wildman–Crippen MR) is 77.7 cm³/mol. The Kier molecular flexibility index (Phi) is 6.81. The lowest BCUT2D eigenvalue weighted by Crippen LogP contribution is -2.22. The van der Waals surface area contributed by atoms with Crippen LogP contribution in [0.3, 0.4) is 0 Å². The van der Waals surface area contributed by atoms with Gasteiger partial charge in [0.05, 0.1) is 9.59 Å². The summed E-state index contributed by atoms with van der Waals surface area (Å²) in [6.07, 6.45) is 3.86. The smallest absolute Gasteiger partial charge is 0.0931 e. The summed E-state index contributed by atoms with van der Waals surface area (Å²) in [7, 11) is 0. The number of thiophene rings is 1. The van der Waals surface area contributed by atoms with Crippen LogP contribution in [0.4, 0.5) is 0 Å². The zero-order valence-electron chi connectivity index (χ0n) is 9.91. The van der Waals surface area contributed by atoms with Crippen LogP contribution in [0.25, 0.3) is 0 Å². The Labute approximate surface area is 112 Å². The van der Waals surface area contributed by atoms with Gasteiger partial charge in [0.15, 0.2) is 0 Å². The Morgan fingerprint density at radius 2 is 2.19 bits per heavy atom. The number of thioether (sulfide) groups is 1. The van der Waals surface area contributed by atoms with Gasteiger partial charge in [0.1, 0.15) is 0 Å². The zero-order valence-corrected chi connectivity index (χ0v) is 12.3. The molecule has 16 heavy (non-hydrogen) atoms. The fourth-order valence-electron chi connectivity index (χ4n) is 1.54. The minimum atomic E-state index is 0.182. The topological polar surface area (TPSA) is 26.0 Å². The first-order valence-corrected chi connectivity index (χ1v) is 8.02. The lowest BCUT2D eigenvalue weighted by molar-refractivity contribution is 0.724. The molecule has 4 heteroatoms. The second-order valence-electron chi connectivity index (χ2n) is 4.00. The zero-order chi connectivity index (χ0) is 12.0. The molecule has 92 valence electrons. The highest BCUT2D eigenvalue weighted by Gasteiger charge is 2.18. The van der Waals surface area contributed by atoms with Gasteiger partial charge in [-0.05, 0) is 31.2 Å². The molecule has 2 N–H and O–H groups in total. The monoisotopic (exact) mass is 277 g/mol. The van der Waals surface area contributed by atoms with Crippen molar-refractivity contribution in [1.82, 2.24) is 0 Å². The normalized spacial score (nSPS) is 15.0. The second kappa shape index (κ2) is 7.59.